The number of carbonyl (C=O) groups excluding carboxylic acids is 3. The van der Waals surface area contributed by atoms with Crippen molar-refractivity contribution in [3.05, 3.63) is 71.3 Å². The van der Waals surface area contributed by atoms with Gasteiger partial charge in [0.2, 0.25) is 0 Å². The van der Waals surface area contributed by atoms with Crippen molar-refractivity contribution in [2.75, 3.05) is 13.6 Å². The maximum atomic E-state index is 12.5. The van der Waals surface area contributed by atoms with Gasteiger partial charge in [-0.3, -0.25) is 14.5 Å². The van der Waals surface area contributed by atoms with Crippen molar-refractivity contribution in [2.45, 2.75) is 12.5 Å². The Morgan fingerprint density at radius 3 is 2.12 bits per heavy atom. The fourth-order valence-corrected chi connectivity index (χ4v) is 2.84. The molecular weight excluding hydrogens is 320 g/mol. The van der Waals surface area contributed by atoms with E-state index in [4.69, 9.17) is 4.74 Å². The molecule has 25 heavy (non-hydrogen) atoms. The molecule has 0 aromatic heterocycles. The number of fused-ring (bicyclic) bond motifs is 1. The van der Waals surface area contributed by atoms with Crippen LogP contribution in [-0.4, -0.2) is 42.5 Å². The number of rotatable bonds is 5. The second-order valence-electron chi connectivity index (χ2n) is 5.73. The number of imide groups is 1. The molecule has 3 rings (SSSR count). The molecule has 1 atom stereocenters. The van der Waals surface area contributed by atoms with E-state index in [0.29, 0.717) is 17.5 Å². The molecule has 0 saturated carbocycles. The Bertz CT molecular complexity index is 769. The van der Waals surface area contributed by atoms with E-state index in [1.54, 1.807) is 24.3 Å². The molecule has 0 saturated heterocycles. The van der Waals surface area contributed by atoms with Gasteiger partial charge < -0.3 is 10.1 Å². The van der Waals surface area contributed by atoms with E-state index in [2.05, 4.69) is 5.32 Å². The predicted molar refractivity (Wildman–Crippen MR) is 91.3 cm³/mol. The van der Waals surface area contributed by atoms with Crippen LogP contribution in [0.2, 0.25) is 0 Å². The van der Waals surface area contributed by atoms with Crippen molar-refractivity contribution in [1.29, 1.82) is 0 Å². The number of carbonyl (C=O) groups is 3. The molecule has 1 heterocycles. The van der Waals surface area contributed by atoms with E-state index in [1.807, 2.05) is 30.3 Å². The lowest BCUT2D eigenvalue weighted by Gasteiger charge is -2.22. The van der Waals surface area contributed by atoms with E-state index in [1.165, 1.54) is 7.05 Å². The first-order chi connectivity index (χ1) is 12.1. The minimum Gasteiger partial charge on any atom is -0.444 e. The van der Waals surface area contributed by atoms with Gasteiger partial charge >= 0.3 is 6.09 Å². The third kappa shape index (κ3) is 3.52. The predicted octanol–water partition coefficient (Wildman–Crippen LogP) is 2.25. The third-order valence-electron chi connectivity index (χ3n) is 4.05. The van der Waals surface area contributed by atoms with Crippen LogP contribution >= 0.6 is 0 Å². The first kappa shape index (κ1) is 16.7. The maximum Gasteiger partial charge on any atom is 0.407 e. The average Bonchev–Trinajstić information content (AvgIpc) is 2.87. The van der Waals surface area contributed by atoms with E-state index < -0.39 is 12.2 Å². The molecule has 6 nitrogen and oxygen atoms in total. The molecule has 0 spiro atoms. The molecule has 2 aromatic rings. The lowest BCUT2D eigenvalue weighted by molar-refractivity contribution is 0.0476. The Labute approximate surface area is 145 Å². The van der Waals surface area contributed by atoms with E-state index in [9.17, 15) is 14.4 Å². The van der Waals surface area contributed by atoms with Crippen LogP contribution in [0.3, 0.4) is 0 Å². The minimum atomic E-state index is -0.635. The molecular formula is C19H18N2O4. The van der Waals surface area contributed by atoms with Gasteiger partial charge in [-0.2, -0.15) is 0 Å². The lowest BCUT2D eigenvalue weighted by Crippen LogP contribution is -2.41. The van der Waals surface area contributed by atoms with Crippen molar-refractivity contribution in [3.63, 3.8) is 0 Å². The monoisotopic (exact) mass is 338 g/mol. The fraction of sp³-hybridized carbons (Fsp3) is 0.211. The number of hydrogen-bond acceptors (Lipinski definition) is 4. The normalized spacial score (nSPS) is 14.2. The highest BCUT2D eigenvalue weighted by Crippen LogP contribution is 2.23. The van der Waals surface area contributed by atoms with E-state index in [-0.39, 0.29) is 18.4 Å². The lowest BCUT2D eigenvalue weighted by atomic mass is 10.1. The number of benzene rings is 2. The topological polar surface area (TPSA) is 75.7 Å². The van der Waals surface area contributed by atoms with E-state index in [0.717, 1.165) is 10.5 Å². The number of nitrogens with one attached hydrogen (secondary N) is 1. The van der Waals surface area contributed by atoms with Crippen LogP contribution in [0.5, 0.6) is 0 Å². The highest BCUT2D eigenvalue weighted by Gasteiger charge is 2.37. The Morgan fingerprint density at radius 1 is 1.00 bits per heavy atom. The molecule has 0 radical (unpaired) electrons. The summed E-state index contributed by atoms with van der Waals surface area (Å²) >= 11 is 0. The molecule has 128 valence electrons. The van der Waals surface area contributed by atoms with Crippen molar-refractivity contribution < 1.29 is 19.1 Å². The number of amides is 3. The van der Waals surface area contributed by atoms with Gasteiger partial charge in [0.05, 0.1) is 17.7 Å². The molecule has 3 amide bonds. The fourth-order valence-electron chi connectivity index (χ4n) is 2.84. The Hall–Kier alpha value is -3.15. The smallest absolute Gasteiger partial charge is 0.407 e. The summed E-state index contributed by atoms with van der Waals surface area (Å²) in [4.78, 5) is 37.8. The van der Waals surface area contributed by atoms with Gasteiger partial charge in [0.15, 0.2) is 0 Å². The van der Waals surface area contributed by atoms with Crippen molar-refractivity contribution in [3.8, 4) is 0 Å². The highest BCUT2D eigenvalue weighted by molar-refractivity contribution is 6.21. The summed E-state index contributed by atoms with van der Waals surface area (Å²) in [5.41, 5.74) is 1.71. The van der Waals surface area contributed by atoms with Crippen LogP contribution < -0.4 is 5.32 Å². The molecule has 1 aliphatic heterocycles. The number of alkyl carbamates (subject to hydrolysis) is 1. The molecule has 1 N–H and O–H groups in total. The summed E-state index contributed by atoms with van der Waals surface area (Å²) in [6, 6.07) is 16.2. The summed E-state index contributed by atoms with van der Waals surface area (Å²) in [6.45, 7) is 0.00859. The van der Waals surface area contributed by atoms with Crippen molar-refractivity contribution in [1.82, 2.24) is 10.2 Å². The van der Waals surface area contributed by atoms with Gasteiger partial charge in [0, 0.05) is 13.5 Å². The van der Waals surface area contributed by atoms with Crippen LogP contribution in [-0.2, 0) is 11.2 Å². The van der Waals surface area contributed by atoms with Crippen molar-refractivity contribution in [2.24, 2.45) is 0 Å². The number of ether oxygens (including phenoxy) is 1. The molecule has 0 aliphatic carbocycles. The molecule has 1 unspecified atom stereocenters. The molecule has 0 bridgehead atoms. The zero-order valence-corrected chi connectivity index (χ0v) is 13.8. The Morgan fingerprint density at radius 2 is 1.56 bits per heavy atom. The Kier molecular flexibility index (Phi) is 4.79. The van der Waals surface area contributed by atoms with Gasteiger partial charge in [-0.25, -0.2) is 4.79 Å². The second-order valence-corrected chi connectivity index (χ2v) is 5.73. The highest BCUT2D eigenvalue weighted by atomic mass is 16.6. The van der Waals surface area contributed by atoms with Crippen molar-refractivity contribution >= 4 is 17.9 Å². The standard InChI is InChI=1S/C19H18N2O4/c1-20-19(24)25-14(11-13-7-3-2-4-8-13)12-21-17(22)15-9-5-6-10-16(15)18(21)23/h2-10,14H,11-12H2,1H3,(H,20,24). The molecule has 0 fully saturated rings. The van der Waals surface area contributed by atoms with Gasteiger partial charge in [0.25, 0.3) is 11.8 Å². The van der Waals surface area contributed by atoms with Crippen LogP contribution in [0.4, 0.5) is 4.79 Å². The van der Waals surface area contributed by atoms with E-state index >= 15 is 0 Å². The summed E-state index contributed by atoms with van der Waals surface area (Å²) in [6.07, 6.45) is -0.830. The molecule has 2 aromatic carbocycles. The average molecular weight is 338 g/mol. The molecule has 1 aliphatic rings. The first-order valence-electron chi connectivity index (χ1n) is 7.97. The van der Waals surface area contributed by atoms with Gasteiger partial charge in [-0.15, -0.1) is 0 Å². The summed E-state index contributed by atoms with van der Waals surface area (Å²) in [5, 5.41) is 2.40. The summed E-state index contributed by atoms with van der Waals surface area (Å²) < 4.78 is 5.36. The quantitative estimate of drug-likeness (QED) is 0.849. The van der Waals surface area contributed by atoms with Gasteiger partial charge in [0.1, 0.15) is 6.10 Å². The largest absolute Gasteiger partial charge is 0.444 e. The minimum absolute atomic E-state index is 0.00859. The maximum absolute atomic E-state index is 12.5. The van der Waals surface area contributed by atoms with Gasteiger partial charge in [-0.05, 0) is 17.7 Å². The number of hydrogen-bond donors (Lipinski definition) is 1. The van der Waals surface area contributed by atoms with Crippen LogP contribution in [0.1, 0.15) is 26.3 Å². The number of nitrogens with zero attached hydrogens (tertiary/aromatic N) is 1. The van der Waals surface area contributed by atoms with Crippen LogP contribution in [0.15, 0.2) is 54.6 Å². The molecule has 6 heteroatoms. The summed E-state index contributed by atoms with van der Waals surface area (Å²) in [5.74, 6) is -0.724. The van der Waals surface area contributed by atoms with Crippen LogP contribution in [0.25, 0.3) is 0 Å². The zero-order chi connectivity index (χ0) is 17.8. The van der Waals surface area contributed by atoms with Crippen LogP contribution in [0, 0.1) is 0 Å². The second kappa shape index (κ2) is 7.17. The first-order valence-corrected chi connectivity index (χ1v) is 7.97. The zero-order valence-electron chi connectivity index (χ0n) is 13.8. The summed E-state index contributed by atoms with van der Waals surface area (Å²) in [7, 11) is 1.46. The van der Waals surface area contributed by atoms with Gasteiger partial charge in [-0.1, -0.05) is 42.5 Å². The SMILES string of the molecule is CNC(=O)OC(Cc1ccccc1)CN1C(=O)c2ccccc2C1=O. The Balaban J connectivity index is 1.79. The third-order valence-corrected chi connectivity index (χ3v) is 4.05.